The number of furan rings is 1. The zero-order chi connectivity index (χ0) is 14.2. The Kier molecular flexibility index (Phi) is 3.91. The highest BCUT2D eigenvalue weighted by Gasteiger charge is 2.35. The van der Waals surface area contributed by atoms with Gasteiger partial charge in [-0.15, -0.1) is 0 Å². The van der Waals surface area contributed by atoms with E-state index in [0.717, 1.165) is 27.7 Å². The molecule has 3 rings (SSSR count). The molecule has 1 aromatic carbocycles. The maximum Gasteiger partial charge on any atom is 0.134 e. The molecule has 0 aliphatic heterocycles. The number of halogens is 1. The van der Waals surface area contributed by atoms with Crippen molar-refractivity contribution in [2.75, 3.05) is 6.54 Å². The van der Waals surface area contributed by atoms with Gasteiger partial charge in [-0.3, -0.25) is 0 Å². The van der Waals surface area contributed by atoms with Crippen LogP contribution in [0.1, 0.15) is 51.3 Å². The third-order valence-corrected chi connectivity index (χ3v) is 5.36. The Morgan fingerprint density at radius 3 is 2.80 bits per heavy atom. The normalized spacial score (nSPS) is 18.9. The lowest BCUT2D eigenvalue weighted by atomic mass is 9.67. The van der Waals surface area contributed by atoms with Crippen LogP contribution in [-0.2, 0) is 0 Å². The molecule has 0 amide bonds. The van der Waals surface area contributed by atoms with E-state index in [1.807, 2.05) is 12.1 Å². The molecule has 3 heteroatoms. The molecule has 0 saturated heterocycles. The van der Waals surface area contributed by atoms with Crippen LogP contribution in [-0.4, -0.2) is 6.54 Å². The molecule has 2 aromatic rings. The molecule has 20 heavy (non-hydrogen) atoms. The van der Waals surface area contributed by atoms with Crippen molar-refractivity contribution in [3.63, 3.8) is 0 Å². The molecular formula is C17H22BrNO. The molecular weight excluding hydrogens is 314 g/mol. The number of benzene rings is 1. The molecule has 108 valence electrons. The average molecular weight is 336 g/mol. The lowest BCUT2D eigenvalue weighted by Gasteiger charge is -2.42. The van der Waals surface area contributed by atoms with Gasteiger partial charge in [0.2, 0.25) is 0 Å². The van der Waals surface area contributed by atoms with Crippen LogP contribution in [0.4, 0.5) is 0 Å². The number of fused-ring (bicyclic) bond motifs is 1. The fourth-order valence-electron chi connectivity index (χ4n) is 3.05. The number of hydrogen-bond acceptors (Lipinski definition) is 2. The Bertz CT molecular complexity index is 595. The summed E-state index contributed by atoms with van der Waals surface area (Å²) in [5.41, 5.74) is 1.51. The Morgan fingerprint density at radius 1 is 1.35 bits per heavy atom. The van der Waals surface area contributed by atoms with Gasteiger partial charge in [0.05, 0.1) is 6.04 Å². The first-order valence-electron chi connectivity index (χ1n) is 7.54. The van der Waals surface area contributed by atoms with Gasteiger partial charge in [-0.05, 0) is 55.9 Å². The summed E-state index contributed by atoms with van der Waals surface area (Å²) in [5, 5.41) is 4.83. The Balaban J connectivity index is 1.70. The quantitative estimate of drug-likeness (QED) is 0.788. The third kappa shape index (κ3) is 2.66. The van der Waals surface area contributed by atoms with Crippen molar-refractivity contribution >= 4 is 26.9 Å². The summed E-state index contributed by atoms with van der Waals surface area (Å²) in [6, 6.07) is 8.57. The van der Waals surface area contributed by atoms with E-state index in [0.29, 0.717) is 5.41 Å². The molecule has 1 aromatic heterocycles. The van der Waals surface area contributed by atoms with Crippen LogP contribution in [0.5, 0.6) is 0 Å². The van der Waals surface area contributed by atoms with E-state index < -0.39 is 0 Å². The second-order valence-corrected chi connectivity index (χ2v) is 7.06. The fourth-order valence-corrected chi connectivity index (χ4v) is 3.43. The van der Waals surface area contributed by atoms with Crippen LogP contribution in [0.15, 0.2) is 33.2 Å². The average Bonchev–Trinajstić information content (AvgIpc) is 2.80. The van der Waals surface area contributed by atoms with Gasteiger partial charge in [-0.25, -0.2) is 0 Å². The highest BCUT2D eigenvalue weighted by molar-refractivity contribution is 9.10. The Hall–Kier alpha value is -0.800. The van der Waals surface area contributed by atoms with E-state index in [-0.39, 0.29) is 6.04 Å². The topological polar surface area (TPSA) is 25.2 Å². The molecule has 0 radical (unpaired) electrons. The van der Waals surface area contributed by atoms with Crippen LogP contribution in [0.3, 0.4) is 0 Å². The van der Waals surface area contributed by atoms with Crippen LogP contribution in [0, 0.1) is 5.41 Å². The van der Waals surface area contributed by atoms with E-state index in [2.05, 4.69) is 47.2 Å². The van der Waals surface area contributed by atoms with Crippen molar-refractivity contribution < 1.29 is 4.42 Å². The summed E-state index contributed by atoms with van der Waals surface area (Å²) in [6.45, 7) is 5.60. The molecule has 0 spiro atoms. The van der Waals surface area contributed by atoms with Gasteiger partial charge in [0.25, 0.3) is 0 Å². The minimum absolute atomic E-state index is 0.269. The van der Waals surface area contributed by atoms with Gasteiger partial charge >= 0.3 is 0 Å². The first-order valence-corrected chi connectivity index (χ1v) is 8.34. The molecule has 1 N–H and O–H groups in total. The van der Waals surface area contributed by atoms with E-state index in [1.165, 1.54) is 25.7 Å². The highest BCUT2D eigenvalue weighted by atomic mass is 79.9. The zero-order valence-electron chi connectivity index (χ0n) is 12.2. The standard InChI is InChI=1S/C17H22BrNO/c1-3-17(7-4-8-17)11-19-12(2)16-10-13-9-14(18)5-6-15(13)20-16/h5-6,9-10,12,19H,3-4,7-8,11H2,1-2H3. The van der Waals surface area contributed by atoms with Crippen molar-refractivity contribution in [1.82, 2.24) is 5.32 Å². The molecule has 1 saturated carbocycles. The number of nitrogens with one attached hydrogen (secondary N) is 1. The highest BCUT2D eigenvalue weighted by Crippen LogP contribution is 2.43. The van der Waals surface area contributed by atoms with Gasteiger partial charge in [-0.2, -0.15) is 0 Å². The van der Waals surface area contributed by atoms with E-state index in [9.17, 15) is 0 Å². The molecule has 1 heterocycles. The van der Waals surface area contributed by atoms with E-state index in [4.69, 9.17) is 4.42 Å². The van der Waals surface area contributed by atoms with Crippen molar-refractivity contribution in [1.29, 1.82) is 0 Å². The minimum atomic E-state index is 0.269. The third-order valence-electron chi connectivity index (χ3n) is 4.87. The van der Waals surface area contributed by atoms with Crippen molar-refractivity contribution in [2.24, 2.45) is 5.41 Å². The van der Waals surface area contributed by atoms with Crippen LogP contribution in [0.2, 0.25) is 0 Å². The monoisotopic (exact) mass is 335 g/mol. The van der Waals surface area contributed by atoms with E-state index in [1.54, 1.807) is 0 Å². The maximum atomic E-state index is 5.95. The molecule has 1 fully saturated rings. The molecule has 1 aliphatic rings. The van der Waals surface area contributed by atoms with Gasteiger partial charge in [0.1, 0.15) is 11.3 Å². The fraction of sp³-hybridized carbons (Fsp3) is 0.529. The molecule has 2 nitrogen and oxygen atoms in total. The smallest absolute Gasteiger partial charge is 0.134 e. The van der Waals surface area contributed by atoms with Crippen molar-refractivity contribution in [2.45, 2.75) is 45.6 Å². The SMILES string of the molecule is CCC1(CNC(C)c2cc3cc(Br)ccc3o2)CCC1. The van der Waals surface area contributed by atoms with Crippen LogP contribution in [0.25, 0.3) is 11.0 Å². The number of rotatable bonds is 5. The van der Waals surface area contributed by atoms with Gasteiger partial charge in [0, 0.05) is 16.4 Å². The summed E-state index contributed by atoms with van der Waals surface area (Å²) >= 11 is 3.50. The molecule has 1 aliphatic carbocycles. The molecule has 1 unspecified atom stereocenters. The summed E-state index contributed by atoms with van der Waals surface area (Å²) in [4.78, 5) is 0. The molecule has 0 bridgehead atoms. The zero-order valence-corrected chi connectivity index (χ0v) is 13.8. The van der Waals surface area contributed by atoms with Crippen LogP contribution < -0.4 is 5.32 Å². The maximum absolute atomic E-state index is 5.95. The first kappa shape index (κ1) is 14.2. The second-order valence-electron chi connectivity index (χ2n) is 6.14. The summed E-state index contributed by atoms with van der Waals surface area (Å²) in [5.74, 6) is 1.03. The summed E-state index contributed by atoms with van der Waals surface area (Å²) < 4.78 is 7.05. The Morgan fingerprint density at radius 2 is 2.15 bits per heavy atom. The molecule has 1 atom stereocenters. The van der Waals surface area contributed by atoms with Gasteiger partial charge in [-0.1, -0.05) is 29.3 Å². The Labute approximate surface area is 129 Å². The summed E-state index contributed by atoms with van der Waals surface area (Å²) in [6.07, 6.45) is 5.41. The predicted octanol–water partition coefficient (Wildman–Crippen LogP) is 5.43. The van der Waals surface area contributed by atoms with Gasteiger partial charge in [0.15, 0.2) is 0 Å². The second kappa shape index (κ2) is 5.53. The van der Waals surface area contributed by atoms with E-state index >= 15 is 0 Å². The van der Waals surface area contributed by atoms with Crippen molar-refractivity contribution in [3.8, 4) is 0 Å². The number of hydrogen-bond donors (Lipinski definition) is 1. The van der Waals surface area contributed by atoms with Gasteiger partial charge < -0.3 is 9.73 Å². The summed E-state index contributed by atoms with van der Waals surface area (Å²) in [7, 11) is 0. The van der Waals surface area contributed by atoms with Crippen LogP contribution >= 0.6 is 15.9 Å². The predicted molar refractivity (Wildman–Crippen MR) is 86.9 cm³/mol. The lowest BCUT2D eigenvalue weighted by Crippen LogP contribution is -2.40. The largest absolute Gasteiger partial charge is 0.459 e. The minimum Gasteiger partial charge on any atom is -0.459 e. The van der Waals surface area contributed by atoms with Crippen molar-refractivity contribution in [3.05, 3.63) is 34.5 Å². The lowest BCUT2D eigenvalue weighted by molar-refractivity contribution is 0.118. The first-order chi connectivity index (χ1) is 9.62.